The smallest absolute Gasteiger partial charge is 0.225 e. The van der Waals surface area contributed by atoms with Gasteiger partial charge in [-0.2, -0.15) is 0 Å². The van der Waals surface area contributed by atoms with Crippen LogP contribution in [-0.2, 0) is 22.5 Å². The van der Waals surface area contributed by atoms with Crippen molar-refractivity contribution in [2.45, 2.75) is 44.7 Å². The van der Waals surface area contributed by atoms with Crippen molar-refractivity contribution >= 4 is 5.91 Å². The van der Waals surface area contributed by atoms with Crippen molar-refractivity contribution in [1.29, 1.82) is 0 Å². The monoisotopic (exact) mass is 304 g/mol. The number of nitrogens with one attached hydrogen (secondary N) is 1. The van der Waals surface area contributed by atoms with Crippen LogP contribution in [-0.4, -0.2) is 47.6 Å². The van der Waals surface area contributed by atoms with Crippen LogP contribution in [0.5, 0.6) is 0 Å². The van der Waals surface area contributed by atoms with E-state index in [1.54, 1.807) is 7.11 Å². The SMILES string of the molecule is COCCC(=O)N1CCCCC1c1ncc2c(n1)CCNC2. The van der Waals surface area contributed by atoms with Crippen LogP contribution in [0.2, 0.25) is 0 Å². The number of methoxy groups -OCH3 is 1. The van der Waals surface area contributed by atoms with Gasteiger partial charge in [0, 0.05) is 50.6 Å². The lowest BCUT2D eigenvalue weighted by molar-refractivity contribution is -0.136. The predicted molar refractivity (Wildman–Crippen MR) is 82.2 cm³/mol. The van der Waals surface area contributed by atoms with E-state index in [0.29, 0.717) is 13.0 Å². The van der Waals surface area contributed by atoms with Gasteiger partial charge in [-0.05, 0) is 19.3 Å². The van der Waals surface area contributed by atoms with E-state index in [0.717, 1.165) is 56.8 Å². The Kier molecular flexibility index (Phi) is 5.00. The lowest BCUT2D eigenvalue weighted by atomic mass is 10.00. The Morgan fingerprint density at radius 3 is 3.27 bits per heavy atom. The normalized spacial score (nSPS) is 21.5. The van der Waals surface area contributed by atoms with Gasteiger partial charge in [0.25, 0.3) is 0 Å². The number of hydrogen-bond acceptors (Lipinski definition) is 5. The highest BCUT2D eigenvalue weighted by Crippen LogP contribution is 2.30. The van der Waals surface area contributed by atoms with Crippen molar-refractivity contribution in [3.63, 3.8) is 0 Å². The van der Waals surface area contributed by atoms with E-state index >= 15 is 0 Å². The minimum absolute atomic E-state index is 0.0262. The van der Waals surface area contributed by atoms with Gasteiger partial charge in [0.15, 0.2) is 5.82 Å². The minimum atomic E-state index is 0.0262. The van der Waals surface area contributed by atoms with Crippen molar-refractivity contribution in [1.82, 2.24) is 20.2 Å². The van der Waals surface area contributed by atoms with E-state index in [1.807, 2.05) is 11.1 Å². The maximum absolute atomic E-state index is 12.4. The fourth-order valence-corrected chi connectivity index (χ4v) is 3.24. The second-order valence-electron chi connectivity index (χ2n) is 5.97. The molecule has 6 nitrogen and oxygen atoms in total. The first kappa shape index (κ1) is 15.4. The van der Waals surface area contributed by atoms with Crippen molar-refractivity contribution in [3.8, 4) is 0 Å². The van der Waals surface area contributed by atoms with E-state index in [-0.39, 0.29) is 11.9 Å². The summed E-state index contributed by atoms with van der Waals surface area (Å²) < 4.78 is 5.03. The molecule has 3 rings (SSSR count). The van der Waals surface area contributed by atoms with Crippen molar-refractivity contribution in [3.05, 3.63) is 23.3 Å². The zero-order valence-electron chi connectivity index (χ0n) is 13.2. The Balaban J connectivity index is 1.79. The third-order valence-corrected chi connectivity index (χ3v) is 4.47. The lowest BCUT2D eigenvalue weighted by Crippen LogP contribution is -2.40. The van der Waals surface area contributed by atoms with Gasteiger partial charge in [-0.1, -0.05) is 0 Å². The Morgan fingerprint density at radius 2 is 2.41 bits per heavy atom. The highest BCUT2D eigenvalue weighted by atomic mass is 16.5. The van der Waals surface area contributed by atoms with Crippen molar-refractivity contribution < 1.29 is 9.53 Å². The van der Waals surface area contributed by atoms with Gasteiger partial charge in [0.2, 0.25) is 5.91 Å². The summed E-state index contributed by atoms with van der Waals surface area (Å²) in [5.74, 6) is 0.959. The van der Waals surface area contributed by atoms with Crippen LogP contribution in [0.1, 0.15) is 48.8 Å². The topological polar surface area (TPSA) is 67.3 Å². The van der Waals surface area contributed by atoms with Gasteiger partial charge in [-0.3, -0.25) is 4.79 Å². The molecule has 0 saturated carbocycles. The van der Waals surface area contributed by atoms with Gasteiger partial charge in [0.05, 0.1) is 19.1 Å². The fraction of sp³-hybridized carbons (Fsp3) is 0.688. The number of piperidine rings is 1. The van der Waals surface area contributed by atoms with Crippen LogP contribution in [0.15, 0.2) is 6.20 Å². The molecule has 120 valence electrons. The summed E-state index contributed by atoms with van der Waals surface area (Å²) in [7, 11) is 1.63. The summed E-state index contributed by atoms with van der Waals surface area (Å²) in [5.41, 5.74) is 2.32. The molecule has 1 amide bonds. The Hall–Kier alpha value is -1.53. The molecule has 0 aromatic carbocycles. The highest BCUT2D eigenvalue weighted by molar-refractivity contribution is 5.76. The summed E-state index contributed by atoms with van der Waals surface area (Å²) in [6, 6.07) is 0.0262. The number of amides is 1. The Morgan fingerprint density at radius 1 is 1.50 bits per heavy atom. The zero-order chi connectivity index (χ0) is 15.4. The first-order valence-electron chi connectivity index (χ1n) is 8.13. The Labute approximate surface area is 131 Å². The quantitative estimate of drug-likeness (QED) is 0.905. The highest BCUT2D eigenvalue weighted by Gasteiger charge is 2.30. The largest absolute Gasteiger partial charge is 0.384 e. The van der Waals surface area contributed by atoms with Crippen molar-refractivity contribution in [2.24, 2.45) is 0 Å². The molecule has 1 saturated heterocycles. The van der Waals surface area contributed by atoms with Crippen LogP contribution >= 0.6 is 0 Å². The lowest BCUT2D eigenvalue weighted by Gasteiger charge is -2.35. The van der Waals surface area contributed by atoms with E-state index in [4.69, 9.17) is 9.72 Å². The molecule has 1 aromatic rings. The number of hydrogen-bond donors (Lipinski definition) is 1. The molecule has 2 aliphatic rings. The molecule has 2 aliphatic heterocycles. The summed E-state index contributed by atoms with van der Waals surface area (Å²) in [6.45, 7) is 3.08. The van der Waals surface area contributed by atoms with E-state index in [1.165, 1.54) is 5.56 Å². The van der Waals surface area contributed by atoms with Gasteiger partial charge in [-0.25, -0.2) is 9.97 Å². The number of ether oxygens (including phenoxy) is 1. The maximum Gasteiger partial charge on any atom is 0.225 e. The maximum atomic E-state index is 12.4. The van der Waals surface area contributed by atoms with Gasteiger partial charge in [-0.15, -0.1) is 0 Å². The molecule has 0 aliphatic carbocycles. The molecule has 1 unspecified atom stereocenters. The number of rotatable bonds is 4. The first-order chi connectivity index (χ1) is 10.8. The minimum Gasteiger partial charge on any atom is -0.384 e. The molecule has 3 heterocycles. The van der Waals surface area contributed by atoms with Gasteiger partial charge in [0.1, 0.15) is 0 Å². The third-order valence-electron chi connectivity index (χ3n) is 4.47. The molecule has 22 heavy (non-hydrogen) atoms. The molecule has 0 bridgehead atoms. The molecule has 0 spiro atoms. The molecule has 0 radical (unpaired) electrons. The van der Waals surface area contributed by atoms with Crippen LogP contribution < -0.4 is 5.32 Å². The first-order valence-corrected chi connectivity index (χ1v) is 8.13. The third kappa shape index (κ3) is 3.28. The van der Waals surface area contributed by atoms with Crippen LogP contribution in [0, 0.1) is 0 Å². The molecular weight excluding hydrogens is 280 g/mol. The molecule has 1 aromatic heterocycles. The number of carbonyl (C=O) groups excluding carboxylic acids is 1. The molecule has 1 N–H and O–H groups in total. The van der Waals surface area contributed by atoms with Crippen molar-refractivity contribution in [2.75, 3.05) is 26.8 Å². The second-order valence-corrected chi connectivity index (χ2v) is 5.97. The number of likely N-dealkylation sites (tertiary alicyclic amines) is 1. The van der Waals surface area contributed by atoms with Crippen LogP contribution in [0.3, 0.4) is 0 Å². The predicted octanol–water partition coefficient (Wildman–Crippen LogP) is 1.21. The van der Waals surface area contributed by atoms with E-state index < -0.39 is 0 Å². The Bertz CT molecular complexity index is 535. The standard InChI is InChI=1S/C16H24N4O2/c1-22-9-6-15(21)20-8-3-2-4-14(20)16-18-11-12-10-17-7-5-13(12)19-16/h11,14,17H,2-10H2,1H3. The summed E-state index contributed by atoms with van der Waals surface area (Å²) in [5, 5.41) is 3.33. The van der Waals surface area contributed by atoms with E-state index in [2.05, 4.69) is 10.3 Å². The van der Waals surface area contributed by atoms with Gasteiger partial charge >= 0.3 is 0 Å². The number of nitrogens with zero attached hydrogens (tertiary/aromatic N) is 3. The molecule has 6 heteroatoms. The molecule has 1 fully saturated rings. The summed E-state index contributed by atoms with van der Waals surface area (Å²) in [4.78, 5) is 23.7. The molecular formula is C16H24N4O2. The average Bonchev–Trinajstić information content (AvgIpc) is 2.59. The second kappa shape index (κ2) is 7.15. The van der Waals surface area contributed by atoms with E-state index in [9.17, 15) is 4.79 Å². The van der Waals surface area contributed by atoms with Crippen LogP contribution in [0.4, 0.5) is 0 Å². The molecule has 1 atom stereocenters. The number of carbonyl (C=O) groups is 1. The average molecular weight is 304 g/mol. The summed E-state index contributed by atoms with van der Waals surface area (Å²) >= 11 is 0. The zero-order valence-corrected chi connectivity index (χ0v) is 13.2. The summed E-state index contributed by atoms with van der Waals surface area (Å²) in [6.07, 6.45) is 6.44. The number of aromatic nitrogens is 2. The number of fused-ring (bicyclic) bond motifs is 1. The van der Waals surface area contributed by atoms with Gasteiger partial charge < -0.3 is 15.0 Å². The fourth-order valence-electron chi connectivity index (χ4n) is 3.24. The van der Waals surface area contributed by atoms with Crippen LogP contribution in [0.25, 0.3) is 0 Å².